The number of hydrogen-bond donors (Lipinski definition) is 0. The molecule has 6 nitrogen and oxygen atoms in total. The van der Waals surface area contributed by atoms with Crippen LogP contribution in [0, 0.1) is 0 Å². The molecule has 1 fully saturated rings. The Morgan fingerprint density at radius 3 is 2.60 bits per heavy atom. The van der Waals surface area contributed by atoms with Crippen LogP contribution < -0.4 is 0 Å². The minimum absolute atomic E-state index is 0.0555. The van der Waals surface area contributed by atoms with Gasteiger partial charge in [-0.3, -0.25) is 4.79 Å². The number of carbonyl (C=O) groups excluding carboxylic acids is 1. The van der Waals surface area contributed by atoms with Crippen molar-refractivity contribution in [3.8, 4) is 0 Å². The number of rotatable bonds is 5. The van der Waals surface area contributed by atoms with E-state index in [1.807, 2.05) is 17.5 Å². The lowest BCUT2D eigenvalue weighted by Gasteiger charge is -2.27. The topological polar surface area (TPSA) is 66.9 Å². The molecule has 1 amide bonds. The third-order valence-corrected chi connectivity index (χ3v) is 6.84. The number of thiophene rings is 1. The number of amides is 1. The molecule has 1 aromatic heterocycles. The monoisotopic (exact) mass is 380 g/mol. The molecule has 134 valence electrons. The molecule has 0 bridgehead atoms. The molecule has 8 heteroatoms. The molecule has 1 aromatic carbocycles. The molecule has 0 radical (unpaired) electrons. The molecule has 0 N–H and O–H groups in total. The maximum atomic E-state index is 13.0. The van der Waals surface area contributed by atoms with Gasteiger partial charge < -0.3 is 9.64 Å². The summed E-state index contributed by atoms with van der Waals surface area (Å²) in [4.78, 5) is 15.5. The first-order chi connectivity index (χ1) is 12.0. The molecule has 0 atom stereocenters. The highest BCUT2D eigenvalue weighted by Crippen LogP contribution is 2.23. The van der Waals surface area contributed by atoms with Gasteiger partial charge in [-0.15, -0.1) is 11.3 Å². The zero-order valence-corrected chi connectivity index (χ0v) is 15.6. The van der Waals surface area contributed by atoms with E-state index in [-0.39, 0.29) is 16.4 Å². The lowest BCUT2D eigenvalue weighted by molar-refractivity contribution is 0.0727. The summed E-state index contributed by atoms with van der Waals surface area (Å²) in [6.45, 7) is 1.79. The third-order valence-electron chi connectivity index (χ3n) is 4.03. The molecule has 25 heavy (non-hydrogen) atoms. The van der Waals surface area contributed by atoms with Crippen molar-refractivity contribution in [1.82, 2.24) is 9.21 Å². The summed E-state index contributed by atoms with van der Waals surface area (Å²) in [7, 11) is -2.04. The van der Waals surface area contributed by atoms with Crippen LogP contribution in [0.1, 0.15) is 15.2 Å². The number of ether oxygens (including phenoxy) is 1. The number of morpholine rings is 1. The van der Waals surface area contributed by atoms with E-state index >= 15 is 0 Å². The van der Waals surface area contributed by atoms with Crippen LogP contribution in [-0.4, -0.2) is 56.9 Å². The summed E-state index contributed by atoms with van der Waals surface area (Å²) in [6.07, 6.45) is 0. The molecule has 0 saturated carbocycles. The summed E-state index contributed by atoms with van der Waals surface area (Å²) >= 11 is 1.56. The molecule has 2 heterocycles. The lowest BCUT2D eigenvalue weighted by Crippen LogP contribution is -2.41. The standard InChI is InChI=1S/C17H20N2O4S2/c1-18(13-14-5-4-12-24-14)17(20)15-6-2-3-7-16(15)25(21,22)19-8-10-23-11-9-19/h2-7,12H,8-11,13H2,1H3. The molecular formula is C17H20N2O4S2. The van der Waals surface area contributed by atoms with Crippen LogP contribution >= 0.6 is 11.3 Å². The van der Waals surface area contributed by atoms with Crippen LogP contribution in [0.5, 0.6) is 0 Å². The molecule has 1 aliphatic rings. The maximum absolute atomic E-state index is 13.0. The summed E-state index contributed by atoms with van der Waals surface area (Å²) < 4.78 is 32.5. The van der Waals surface area contributed by atoms with Gasteiger partial charge in [0.25, 0.3) is 5.91 Å². The Kier molecular flexibility index (Phi) is 5.53. The van der Waals surface area contributed by atoms with E-state index in [0.717, 1.165) is 4.88 Å². The quantitative estimate of drug-likeness (QED) is 0.796. The summed E-state index contributed by atoms with van der Waals surface area (Å²) in [5.41, 5.74) is 0.202. The van der Waals surface area contributed by atoms with Crippen molar-refractivity contribution in [2.75, 3.05) is 33.4 Å². The van der Waals surface area contributed by atoms with E-state index in [9.17, 15) is 13.2 Å². The van der Waals surface area contributed by atoms with Crippen molar-refractivity contribution in [3.63, 3.8) is 0 Å². The first-order valence-corrected chi connectivity index (χ1v) is 10.3. The zero-order valence-electron chi connectivity index (χ0n) is 13.9. The van der Waals surface area contributed by atoms with Gasteiger partial charge in [0, 0.05) is 25.0 Å². The highest BCUT2D eigenvalue weighted by Gasteiger charge is 2.30. The molecule has 1 saturated heterocycles. The smallest absolute Gasteiger partial charge is 0.255 e. The average molecular weight is 380 g/mol. The Morgan fingerprint density at radius 2 is 1.92 bits per heavy atom. The van der Waals surface area contributed by atoms with Gasteiger partial charge >= 0.3 is 0 Å². The number of carbonyl (C=O) groups is 1. The van der Waals surface area contributed by atoms with Gasteiger partial charge in [-0.25, -0.2) is 8.42 Å². The zero-order chi connectivity index (χ0) is 17.9. The summed E-state index contributed by atoms with van der Waals surface area (Å²) in [5.74, 6) is -0.305. The molecular weight excluding hydrogens is 360 g/mol. The molecule has 0 aliphatic carbocycles. The van der Waals surface area contributed by atoms with Gasteiger partial charge in [-0.1, -0.05) is 18.2 Å². The molecule has 0 unspecified atom stereocenters. The normalized spacial score (nSPS) is 15.9. The number of hydrogen-bond acceptors (Lipinski definition) is 5. The molecule has 3 rings (SSSR count). The van der Waals surface area contributed by atoms with Crippen LogP contribution in [0.15, 0.2) is 46.7 Å². The Morgan fingerprint density at radius 1 is 1.20 bits per heavy atom. The Balaban J connectivity index is 1.88. The lowest BCUT2D eigenvalue weighted by atomic mass is 10.2. The Hall–Kier alpha value is -1.74. The highest BCUT2D eigenvalue weighted by atomic mass is 32.2. The van der Waals surface area contributed by atoms with Crippen molar-refractivity contribution in [2.45, 2.75) is 11.4 Å². The second kappa shape index (κ2) is 7.65. The van der Waals surface area contributed by atoms with Crippen LogP contribution in [0.4, 0.5) is 0 Å². The maximum Gasteiger partial charge on any atom is 0.255 e. The summed E-state index contributed by atoms with van der Waals surface area (Å²) in [6, 6.07) is 10.3. The van der Waals surface area contributed by atoms with Crippen LogP contribution in [-0.2, 0) is 21.3 Å². The van der Waals surface area contributed by atoms with E-state index in [2.05, 4.69) is 0 Å². The Labute approximate surface area is 151 Å². The van der Waals surface area contributed by atoms with E-state index in [1.165, 1.54) is 10.4 Å². The third kappa shape index (κ3) is 3.92. The number of sulfonamides is 1. The van der Waals surface area contributed by atoms with Gasteiger partial charge in [0.05, 0.1) is 30.2 Å². The predicted octanol–water partition coefficient (Wildman–Crippen LogP) is 2.04. The largest absolute Gasteiger partial charge is 0.379 e. The number of nitrogens with zero attached hydrogens (tertiary/aromatic N) is 2. The fraction of sp³-hybridized carbons (Fsp3) is 0.353. The van der Waals surface area contributed by atoms with Gasteiger partial charge in [0.15, 0.2) is 0 Å². The second-order valence-electron chi connectivity index (χ2n) is 5.75. The van der Waals surface area contributed by atoms with E-state index < -0.39 is 10.0 Å². The highest BCUT2D eigenvalue weighted by molar-refractivity contribution is 7.89. The van der Waals surface area contributed by atoms with Crippen molar-refractivity contribution < 1.29 is 17.9 Å². The fourth-order valence-corrected chi connectivity index (χ4v) is 5.06. The fourth-order valence-electron chi connectivity index (χ4n) is 2.71. The van der Waals surface area contributed by atoms with Crippen molar-refractivity contribution in [1.29, 1.82) is 0 Å². The summed E-state index contributed by atoms with van der Waals surface area (Å²) in [5, 5.41) is 1.95. The SMILES string of the molecule is CN(Cc1cccs1)C(=O)c1ccccc1S(=O)(=O)N1CCOCC1. The molecule has 1 aliphatic heterocycles. The average Bonchev–Trinajstić information content (AvgIpc) is 3.15. The van der Waals surface area contributed by atoms with Crippen molar-refractivity contribution in [3.05, 3.63) is 52.2 Å². The first kappa shape index (κ1) is 18.1. The van der Waals surface area contributed by atoms with E-state index in [0.29, 0.717) is 32.8 Å². The van der Waals surface area contributed by atoms with Crippen LogP contribution in [0.2, 0.25) is 0 Å². The van der Waals surface area contributed by atoms with Gasteiger partial charge in [-0.2, -0.15) is 4.31 Å². The minimum atomic E-state index is -3.72. The van der Waals surface area contributed by atoms with E-state index in [1.54, 1.807) is 41.5 Å². The van der Waals surface area contributed by atoms with Crippen molar-refractivity contribution in [2.24, 2.45) is 0 Å². The molecule has 2 aromatic rings. The van der Waals surface area contributed by atoms with Gasteiger partial charge in [-0.05, 0) is 23.6 Å². The first-order valence-electron chi connectivity index (χ1n) is 7.95. The van der Waals surface area contributed by atoms with Crippen molar-refractivity contribution >= 4 is 27.3 Å². The van der Waals surface area contributed by atoms with E-state index in [4.69, 9.17) is 4.74 Å². The Bertz CT molecular complexity index is 828. The van der Waals surface area contributed by atoms with Crippen LogP contribution in [0.25, 0.3) is 0 Å². The predicted molar refractivity (Wildman–Crippen MR) is 96.1 cm³/mol. The van der Waals surface area contributed by atoms with Gasteiger partial charge in [0.2, 0.25) is 10.0 Å². The molecule has 0 spiro atoms. The van der Waals surface area contributed by atoms with Crippen LogP contribution in [0.3, 0.4) is 0 Å². The second-order valence-corrected chi connectivity index (χ2v) is 8.69. The number of benzene rings is 1. The minimum Gasteiger partial charge on any atom is -0.379 e. The van der Waals surface area contributed by atoms with Gasteiger partial charge in [0.1, 0.15) is 0 Å².